The monoisotopic (exact) mass is 256 g/mol. The molecule has 3 nitrogen and oxygen atoms in total. The minimum Gasteiger partial charge on any atom is -0.393 e. The molecule has 0 bridgehead atoms. The number of nitrogens with one attached hydrogen (secondary N) is 1. The highest BCUT2D eigenvalue weighted by Crippen LogP contribution is 2.16. The second kappa shape index (κ2) is 6.94. The molecule has 0 amide bonds. The lowest BCUT2D eigenvalue weighted by atomic mass is 10.0. The van der Waals surface area contributed by atoms with Gasteiger partial charge in [0.15, 0.2) is 0 Å². The maximum Gasteiger partial charge on any atom is 0.129 e. The molecule has 96 valence electrons. The van der Waals surface area contributed by atoms with Gasteiger partial charge in [-0.25, -0.2) is 4.98 Å². The lowest BCUT2D eigenvalue weighted by Gasteiger charge is -2.19. The minimum atomic E-state index is -0.238. The Kier molecular flexibility index (Phi) is 5.89. The molecule has 2 N–H and O–H groups in total. The molecule has 0 spiro atoms. The van der Waals surface area contributed by atoms with E-state index < -0.39 is 0 Å². The van der Waals surface area contributed by atoms with Crippen molar-refractivity contribution in [2.45, 2.75) is 39.3 Å². The van der Waals surface area contributed by atoms with Gasteiger partial charge in [-0.1, -0.05) is 18.5 Å². The third kappa shape index (κ3) is 5.48. The van der Waals surface area contributed by atoms with Crippen LogP contribution in [0.1, 0.15) is 38.8 Å². The normalized spacial score (nSPS) is 16.5. The summed E-state index contributed by atoms with van der Waals surface area (Å²) in [6.07, 6.45) is 2.30. The largest absolute Gasteiger partial charge is 0.393 e. The first-order chi connectivity index (χ1) is 7.99. The van der Waals surface area contributed by atoms with E-state index in [9.17, 15) is 5.11 Å². The van der Waals surface area contributed by atoms with Gasteiger partial charge in [0, 0.05) is 12.2 Å². The van der Waals surface area contributed by atoms with Crippen molar-refractivity contribution in [2.24, 2.45) is 5.92 Å². The first kappa shape index (κ1) is 14.4. The number of aliphatic hydroxyl groups is 1. The Bertz CT molecular complexity index is 344. The molecule has 0 aliphatic rings. The molecule has 1 heterocycles. The van der Waals surface area contributed by atoms with Gasteiger partial charge in [-0.15, -0.1) is 0 Å². The third-order valence-corrected chi connectivity index (χ3v) is 2.97. The Balaban J connectivity index is 2.42. The van der Waals surface area contributed by atoms with Crippen molar-refractivity contribution in [1.82, 2.24) is 10.3 Å². The number of hydrogen-bond acceptors (Lipinski definition) is 3. The fraction of sp³-hybridized carbons (Fsp3) is 0.615. The zero-order valence-electron chi connectivity index (χ0n) is 10.7. The molecule has 0 aliphatic heterocycles. The number of pyridine rings is 1. The lowest BCUT2D eigenvalue weighted by Crippen LogP contribution is -2.26. The van der Waals surface area contributed by atoms with Crippen molar-refractivity contribution < 1.29 is 5.11 Å². The van der Waals surface area contributed by atoms with Crippen molar-refractivity contribution in [1.29, 1.82) is 0 Å². The van der Waals surface area contributed by atoms with Gasteiger partial charge in [-0.2, -0.15) is 0 Å². The van der Waals surface area contributed by atoms with Crippen LogP contribution in [-0.4, -0.2) is 22.7 Å². The molecule has 0 saturated heterocycles. The van der Waals surface area contributed by atoms with E-state index in [0.717, 1.165) is 18.5 Å². The van der Waals surface area contributed by atoms with Crippen LogP contribution in [0.25, 0.3) is 0 Å². The van der Waals surface area contributed by atoms with Gasteiger partial charge >= 0.3 is 0 Å². The Morgan fingerprint density at radius 3 is 2.71 bits per heavy atom. The maximum atomic E-state index is 9.29. The molecule has 3 unspecified atom stereocenters. The second-order valence-corrected chi connectivity index (χ2v) is 5.12. The molecule has 0 aliphatic carbocycles. The maximum absolute atomic E-state index is 9.29. The van der Waals surface area contributed by atoms with Crippen LogP contribution < -0.4 is 5.32 Å². The van der Waals surface area contributed by atoms with E-state index in [1.807, 2.05) is 19.1 Å². The molecule has 1 aromatic heterocycles. The van der Waals surface area contributed by atoms with E-state index >= 15 is 0 Å². The number of aliphatic hydroxyl groups excluding tert-OH is 1. The standard InChI is InChI=1S/C13H21ClN2O/c1-9(6-10(2)17)8-16-11(3)12-4-5-15-13(14)7-12/h4-5,7,9-11,16-17H,6,8H2,1-3H3. The van der Waals surface area contributed by atoms with Crippen LogP contribution in [0.5, 0.6) is 0 Å². The quantitative estimate of drug-likeness (QED) is 0.770. The van der Waals surface area contributed by atoms with E-state index in [4.69, 9.17) is 11.6 Å². The SMILES string of the molecule is CC(O)CC(C)CNC(C)c1ccnc(Cl)c1. The summed E-state index contributed by atoms with van der Waals surface area (Å²) in [6.45, 7) is 6.93. The Hall–Kier alpha value is -0.640. The predicted octanol–water partition coefficient (Wildman–Crippen LogP) is 2.79. The zero-order chi connectivity index (χ0) is 12.8. The average Bonchev–Trinajstić information content (AvgIpc) is 2.25. The van der Waals surface area contributed by atoms with Crippen LogP contribution >= 0.6 is 11.6 Å². The molecule has 0 saturated carbocycles. The zero-order valence-corrected chi connectivity index (χ0v) is 11.4. The van der Waals surface area contributed by atoms with E-state index in [0.29, 0.717) is 11.1 Å². The second-order valence-electron chi connectivity index (χ2n) is 4.73. The summed E-state index contributed by atoms with van der Waals surface area (Å²) >= 11 is 5.85. The molecule has 3 atom stereocenters. The fourth-order valence-corrected chi connectivity index (χ4v) is 2.03. The average molecular weight is 257 g/mol. The lowest BCUT2D eigenvalue weighted by molar-refractivity contribution is 0.162. The smallest absolute Gasteiger partial charge is 0.129 e. The van der Waals surface area contributed by atoms with Crippen molar-refractivity contribution in [3.05, 3.63) is 29.0 Å². The molecule has 1 rings (SSSR count). The van der Waals surface area contributed by atoms with Crippen molar-refractivity contribution >= 4 is 11.6 Å². The first-order valence-corrected chi connectivity index (χ1v) is 6.39. The summed E-state index contributed by atoms with van der Waals surface area (Å²) in [7, 11) is 0. The Morgan fingerprint density at radius 2 is 2.12 bits per heavy atom. The number of halogens is 1. The molecule has 0 fully saturated rings. The van der Waals surface area contributed by atoms with E-state index in [2.05, 4.69) is 24.1 Å². The fourth-order valence-electron chi connectivity index (χ4n) is 1.85. The van der Waals surface area contributed by atoms with Gasteiger partial charge in [0.2, 0.25) is 0 Å². The number of rotatable bonds is 6. The van der Waals surface area contributed by atoms with Crippen LogP contribution in [0.4, 0.5) is 0 Å². The van der Waals surface area contributed by atoms with Gasteiger partial charge in [-0.05, 0) is 50.4 Å². The van der Waals surface area contributed by atoms with Gasteiger partial charge in [-0.3, -0.25) is 0 Å². The van der Waals surface area contributed by atoms with E-state index in [1.54, 1.807) is 6.20 Å². The van der Waals surface area contributed by atoms with Crippen LogP contribution in [0.3, 0.4) is 0 Å². The highest BCUT2D eigenvalue weighted by atomic mass is 35.5. The predicted molar refractivity (Wildman–Crippen MR) is 71.1 cm³/mol. The molecule has 4 heteroatoms. The van der Waals surface area contributed by atoms with Crippen LogP contribution in [0, 0.1) is 5.92 Å². The van der Waals surface area contributed by atoms with E-state index in [1.165, 1.54) is 0 Å². The molecular formula is C13H21ClN2O. The summed E-state index contributed by atoms with van der Waals surface area (Å²) in [5.41, 5.74) is 1.13. The third-order valence-electron chi connectivity index (χ3n) is 2.77. The number of hydrogen-bond donors (Lipinski definition) is 2. The Labute approximate surface area is 108 Å². The number of aromatic nitrogens is 1. The van der Waals surface area contributed by atoms with Gasteiger partial charge in [0.25, 0.3) is 0 Å². The Morgan fingerprint density at radius 1 is 1.41 bits per heavy atom. The van der Waals surface area contributed by atoms with Crippen molar-refractivity contribution in [3.63, 3.8) is 0 Å². The van der Waals surface area contributed by atoms with Gasteiger partial charge in [0.05, 0.1) is 6.10 Å². The van der Waals surface area contributed by atoms with E-state index in [-0.39, 0.29) is 12.1 Å². The van der Waals surface area contributed by atoms with Crippen LogP contribution in [0.2, 0.25) is 5.15 Å². The molecule has 0 radical (unpaired) electrons. The summed E-state index contributed by atoms with van der Waals surface area (Å²) in [4.78, 5) is 3.96. The summed E-state index contributed by atoms with van der Waals surface area (Å²) in [6, 6.07) is 4.08. The topological polar surface area (TPSA) is 45.1 Å². The molecule has 1 aromatic rings. The summed E-state index contributed by atoms with van der Waals surface area (Å²) < 4.78 is 0. The minimum absolute atomic E-state index is 0.238. The molecule has 0 aromatic carbocycles. The van der Waals surface area contributed by atoms with Gasteiger partial charge < -0.3 is 10.4 Å². The van der Waals surface area contributed by atoms with Gasteiger partial charge in [0.1, 0.15) is 5.15 Å². The molecular weight excluding hydrogens is 236 g/mol. The summed E-state index contributed by atoms with van der Waals surface area (Å²) in [5, 5.41) is 13.2. The van der Waals surface area contributed by atoms with Crippen LogP contribution in [0.15, 0.2) is 18.3 Å². The highest BCUT2D eigenvalue weighted by Gasteiger charge is 2.09. The van der Waals surface area contributed by atoms with Crippen molar-refractivity contribution in [3.8, 4) is 0 Å². The van der Waals surface area contributed by atoms with Crippen molar-refractivity contribution in [2.75, 3.05) is 6.54 Å². The highest BCUT2D eigenvalue weighted by molar-refractivity contribution is 6.29. The van der Waals surface area contributed by atoms with Crippen LogP contribution in [-0.2, 0) is 0 Å². The summed E-state index contributed by atoms with van der Waals surface area (Å²) in [5.74, 6) is 0.453. The molecule has 17 heavy (non-hydrogen) atoms. The number of nitrogens with zero attached hydrogens (tertiary/aromatic N) is 1. The first-order valence-electron chi connectivity index (χ1n) is 6.02.